The number of amides is 1. The number of ether oxygens (including phenoxy) is 1. The first-order valence-corrected chi connectivity index (χ1v) is 7.77. The quantitative estimate of drug-likeness (QED) is 0.716. The number of aromatic nitrogens is 1. The van der Waals surface area contributed by atoms with Crippen molar-refractivity contribution in [2.45, 2.75) is 6.92 Å². The summed E-state index contributed by atoms with van der Waals surface area (Å²) in [5.41, 5.74) is 2.15. The van der Waals surface area contributed by atoms with Crippen LogP contribution in [-0.2, 0) is 0 Å². The first kappa shape index (κ1) is 14.7. The maximum absolute atomic E-state index is 12.3. The molecule has 0 bridgehead atoms. The van der Waals surface area contributed by atoms with Crippen LogP contribution >= 0.6 is 15.9 Å². The largest absolute Gasteiger partial charge is 0.494 e. The molecule has 0 fully saturated rings. The Morgan fingerprint density at radius 2 is 1.95 bits per heavy atom. The van der Waals surface area contributed by atoms with Crippen molar-refractivity contribution < 1.29 is 9.53 Å². The van der Waals surface area contributed by atoms with Crippen LogP contribution in [-0.4, -0.2) is 17.5 Å². The number of carbonyl (C=O) groups excluding carboxylic acids is 1. The van der Waals surface area contributed by atoms with Crippen LogP contribution in [0.3, 0.4) is 0 Å². The van der Waals surface area contributed by atoms with Gasteiger partial charge in [0.2, 0.25) is 0 Å². The van der Waals surface area contributed by atoms with E-state index in [-0.39, 0.29) is 5.91 Å². The maximum atomic E-state index is 12.3. The normalized spacial score (nSPS) is 10.6. The van der Waals surface area contributed by atoms with E-state index in [9.17, 15) is 4.79 Å². The third-order valence-corrected chi connectivity index (χ3v) is 3.78. The van der Waals surface area contributed by atoms with Crippen molar-refractivity contribution in [1.82, 2.24) is 4.98 Å². The SMILES string of the molecule is CCOc1ccc2cc(C(=O)Nc3ccc(Br)cc3)[nH]c2c1. The van der Waals surface area contributed by atoms with Crippen molar-refractivity contribution in [3.63, 3.8) is 0 Å². The zero-order valence-electron chi connectivity index (χ0n) is 12.0. The standard InChI is InChI=1S/C17H15BrN2O2/c1-2-22-14-8-3-11-9-16(20-15(11)10-14)17(21)19-13-6-4-12(18)5-7-13/h3-10,20H,2H2,1H3,(H,19,21). The van der Waals surface area contributed by atoms with Crippen LogP contribution in [0.15, 0.2) is 53.0 Å². The predicted octanol–water partition coefficient (Wildman–Crippen LogP) is 4.58. The van der Waals surface area contributed by atoms with E-state index < -0.39 is 0 Å². The second-order valence-electron chi connectivity index (χ2n) is 4.83. The number of rotatable bonds is 4. The topological polar surface area (TPSA) is 54.1 Å². The molecule has 3 rings (SSSR count). The van der Waals surface area contributed by atoms with E-state index in [4.69, 9.17) is 4.74 Å². The number of carbonyl (C=O) groups is 1. The summed E-state index contributed by atoms with van der Waals surface area (Å²) >= 11 is 3.37. The summed E-state index contributed by atoms with van der Waals surface area (Å²) in [5, 5.41) is 3.84. The number of aromatic amines is 1. The van der Waals surface area contributed by atoms with Gasteiger partial charge in [0, 0.05) is 27.1 Å². The molecule has 1 aromatic heterocycles. The van der Waals surface area contributed by atoms with Gasteiger partial charge in [-0.05, 0) is 49.4 Å². The highest BCUT2D eigenvalue weighted by Gasteiger charge is 2.10. The summed E-state index contributed by atoms with van der Waals surface area (Å²) < 4.78 is 6.44. The molecule has 112 valence electrons. The summed E-state index contributed by atoms with van der Waals surface area (Å²) in [5.74, 6) is 0.619. The second-order valence-corrected chi connectivity index (χ2v) is 5.74. The molecule has 2 N–H and O–H groups in total. The zero-order chi connectivity index (χ0) is 15.5. The molecule has 4 nitrogen and oxygen atoms in total. The average Bonchev–Trinajstić information content (AvgIpc) is 2.93. The van der Waals surface area contributed by atoms with Crippen LogP contribution < -0.4 is 10.1 Å². The van der Waals surface area contributed by atoms with Gasteiger partial charge in [-0.2, -0.15) is 0 Å². The number of hydrogen-bond acceptors (Lipinski definition) is 2. The molecule has 0 aliphatic heterocycles. The Balaban J connectivity index is 1.82. The van der Waals surface area contributed by atoms with Gasteiger partial charge in [0.15, 0.2) is 0 Å². The first-order chi connectivity index (χ1) is 10.7. The average molecular weight is 359 g/mol. The summed E-state index contributed by atoms with van der Waals surface area (Å²) in [6, 6.07) is 15.0. The van der Waals surface area contributed by atoms with E-state index in [0.717, 1.165) is 26.8 Å². The maximum Gasteiger partial charge on any atom is 0.272 e. The van der Waals surface area contributed by atoms with Gasteiger partial charge in [-0.1, -0.05) is 15.9 Å². The van der Waals surface area contributed by atoms with Crippen LogP contribution in [0.25, 0.3) is 10.9 Å². The van der Waals surface area contributed by atoms with Crippen molar-refractivity contribution in [3.8, 4) is 5.75 Å². The zero-order valence-corrected chi connectivity index (χ0v) is 13.6. The molecule has 0 radical (unpaired) electrons. The van der Waals surface area contributed by atoms with Crippen molar-refractivity contribution >= 4 is 38.4 Å². The molecule has 0 aliphatic rings. The van der Waals surface area contributed by atoms with Gasteiger partial charge in [0.05, 0.1) is 6.61 Å². The van der Waals surface area contributed by atoms with Crippen molar-refractivity contribution in [2.24, 2.45) is 0 Å². The van der Waals surface area contributed by atoms with E-state index in [1.54, 1.807) is 0 Å². The minimum atomic E-state index is -0.170. The third kappa shape index (κ3) is 3.14. The summed E-state index contributed by atoms with van der Waals surface area (Å²) in [6.07, 6.45) is 0. The number of hydrogen-bond donors (Lipinski definition) is 2. The molecule has 2 aromatic carbocycles. The minimum Gasteiger partial charge on any atom is -0.494 e. The highest BCUT2D eigenvalue weighted by Crippen LogP contribution is 2.22. The molecule has 1 heterocycles. The molecule has 0 atom stereocenters. The van der Waals surface area contributed by atoms with E-state index >= 15 is 0 Å². The Morgan fingerprint density at radius 1 is 1.18 bits per heavy atom. The van der Waals surface area contributed by atoms with E-state index in [1.165, 1.54) is 0 Å². The summed E-state index contributed by atoms with van der Waals surface area (Å²) in [4.78, 5) is 15.4. The molecule has 22 heavy (non-hydrogen) atoms. The lowest BCUT2D eigenvalue weighted by molar-refractivity contribution is 0.102. The molecule has 5 heteroatoms. The molecular formula is C17H15BrN2O2. The summed E-state index contributed by atoms with van der Waals surface area (Å²) in [7, 11) is 0. The molecule has 0 unspecified atom stereocenters. The fourth-order valence-corrected chi connectivity index (χ4v) is 2.48. The van der Waals surface area contributed by atoms with Gasteiger partial charge < -0.3 is 15.0 Å². The Labute approximate surface area is 136 Å². The molecule has 1 amide bonds. The van der Waals surface area contributed by atoms with Crippen molar-refractivity contribution in [1.29, 1.82) is 0 Å². The molecule has 0 saturated heterocycles. The van der Waals surface area contributed by atoms with Gasteiger partial charge in [-0.15, -0.1) is 0 Å². The van der Waals surface area contributed by atoms with Gasteiger partial charge in [0.25, 0.3) is 5.91 Å². The molecule has 0 aliphatic carbocycles. The van der Waals surface area contributed by atoms with Gasteiger partial charge in [-0.3, -0.25) is 4.79 Å². The number of anilines is 1. The van der Waals surface area contributed by atoms with Crippen LogP contribution in [0.5, 0.6) is 5.75 Å². The third-order valence-electron chi connectivity index (χ3n) is 3.25. The smallest absolute Gasteiger partial charge is 0.272 e. The minimum absolute atomic E-state index is 0.170. The Kier molecular flexibility index (Phi) is 4.15. The number of H-pyrrole nitrogens is 1. The lowest BCUT2D eigenvalue weighted by atomic mass is 10.2. The van der Waals surface area contributed by atoms with Crippen LogP contribution in [0, 0.1) is 0 Å². The monoisotopic (exact) mass is 358 g/mol. The van der Waals surface area contributed by atoms with Crippen LogP contribution in [0.1, 0.15) is 17.4 Å². The van der Waals surface area contributed by atoms with Crippen molar-refractivity contribution in [2.75, 3.05) is 11.9 Å². The fourth-order valence-electron chi connectivity index (χ4n) is 2.22. The lowest BCUT2D eigenvalue weighted by Crippen LogP contribution is -2.11. The van der Waals surface area contributed by atoms with Crippen LogP contribution in [0.4, 0.5) is 5.69 Å². The summed E-state index contributed by atoms with van der Waals surface area (Å²) in [6.45, 7) is 2.55. The molecular weight excluding hydrogens is 344 g/mol. The second kappa shape index (κ2) is 6.23. The fraction of sp³-hybridized carbons (Fsp3) is 0.118. The Bertz CT molecular complexity index is 809. The Hall–Kier alpha value is -2.27. The molecule has 3 aromatic rings. The number of nitrogens with one attached hydrogen (secondary N) is 2. The van der Waals surface area contributed by atoms with Gasteiger partial charge >= 0.3 is 0 Å². The number of fused-ring (bicyclic) bond motifs is 1. The molecule has 0 saturated carbocycles. The highest BCUT2D eigenvalue weighted by molar-refractivity contribution is 9.10. The van der Waals surface area contributed by atoms with Gasteiger partial charge in [-0.25, -0.2) is 0 Å². The first-order valence-electron chi connectivity index (χ1n) is 6.98. The predicted molar refractivity (Wildman–Crippen MR) is 91.6 cm³/mol. The van der Waals surface area contributed by atoms with Crippen molar-refractivity contribution in [3.05, 3.63) is 58.7 Å². The van der Waals surface area contributed by atoms with E-state index in [0.29, 0.717) is 12.3 Å². The van der Waals surface area contributed by atoms with Crippen LogP contribution in [0.2, 0.25) is 0 Å². The lowest BCUT2D eigenvalue weighted by Gasteiger charge is -2.03. The van der Waals surface area contributed by atoms with Gasteiger partial charge in [0.1, 0.15) is 11.4 Å². The van der Waals surface area contributed by atoms with E-state index in [2.05, 4.69) is 26.2 Å². The Morgan fingerprint density at radius 3 is 2.68 bits per heavy atom. The number of benzene rings is 2. The molecule has 0 spiro atoms. The van der Waals surface area contributed by atoms with E-state index in [1.807, 2.05) is 55.5 Å². The number of halogens is 1. The highest BCUT2D eigenvalue weighted by atomic mass is 79.9.